The molecule has 0 saturated carbocycles. The topological polar surface area (TPSA) is 83.3 Å². The molecule has 1 amide bonds. The molecule has 2 unspecified atom stereocenters. The van der Waals surface area contributed by atoms with E-state index in [1.54, 1.807) is 0 Å². The predicted molar refractivity (Wildman–Crippen MR) is 93.3 cm³/mol. The Kier molecular flexibility index (Phi) is 7.87. The Balaban J connectivity index is 0.00000261. The molecule has 7 nitrogen and oxygen atoms in total. The van der Waals surface area contributed by atoms with Crippen LogP contribution in [-0.2, 0) is 17.8 Å². The van der Waals surface area contributed by atoms with Crippen molar-refractivity contribution in [2.45, 2.75) is 50.9 Å². The SMILES string of the molecule is Cl.O=C(NCC1CCCN(Cc2nc(CC(F)(F)F)no2)C1)C1CCCN1. The molecule has 1 aromatic rings. The third-order valence-electron chi connectivity index (χ3n) is 4.77. The van der Waals surface area contributed by atoms with E-state index in [4.69, 9.17) is 4.52 Å². The number of piperidine rings is 1. The molecule has 2 atom stereocenters. The number of hydrogen-bond donors (Lipinski definition) is 2. The van der Waals surface area contributed by atoms with Gasteiger partial charge in [-0.15, -0.1) is 12.4 Å². The van der Waals surface area contributed by atoms with Crippen molar-refractivity contribution in [1.29, 1.82) is 0 Å². The Morgan fingerprint density at radius 2 is 2.15 bits per heavy atom. The van der Waals surface area contributed by atoms with Gasteiger partial charge in [0.1, 0.15) is 6.42 Å². The number of carbonyl (C=O) groups excluding carboxylic acids is 1. The molecular weight excluding hydrogens is 387 g/mol. The van der Waals surface area contributed by atoms with Crippen LogP contribution in [0.4, 0.5) is 13.2 Å². The maximum Gasteiger partial charge on any atom is 0.396 e. The summed E-state index contributed by atoms with van der Waals surface area (Å²) in [5, 5.41) is 9.57. The van der Waals surface area contributed by atoms with Crippen LogP contribution in [0.2, 0.25) is 0 Å². The van der Waals surface area contributed by atoms with Crippen molar-refractivity contribution in [1.82, 2.24) is 25.7 Å². The highest BCUT2D eigenvalue weighted by Gasteiger charge is 2.31. The Labute approximate surface area is 161 Å². The number of hydrogen-bond acceptors (Lipinski definition) is 6. The van der Waals surface area contributed by atoms with Crippen molar-refractivity contribution in [2.24, 2.45) is 5.92 Å². The first-order chi connectivity index (χ1) is 12.4. The minimum atomic E-state index is -4.34. The summed E-state index contributed by atoms with van der Waals surface area (Å²) in [6.45, 7) is 3.40. The molecule has 2 N–H and O–H groups in total. The van der Waals surface area contributed by atoms with E-state index < -0.39 is 12.6 Å². The average molecular weight is 412 g/mol. The zero-order chi connectivity index (χ0) is 18.6. The first-order valence-electron chi connectivity index (χ1n) is 9.01. The zero-order valence-corrected chi connectivity index (χ0v) is 15.7. The minimum Gasteiger partial charge on any atom is -0.354 e. The maximum absolute atomic E-state index is 12.4. The van der Waals surface area contributed by atoms with E-state index in [1.807, 2.05) is 0 Å². The summed E-state index contributed by atoms with van der Waals surface area (Å²) in [6, 6.07) is -0.0832. The van der Waals surface area contributed by atoms with Crippen LogP contribution in [0, 0.1) is 5.92 Å². The van der Waals surface area contributed by atoms with Crippen LogP contribution in [0.25, 0.3) is 0 Å². The molecular formula is C16H25ClF3N5O2. The first-order valence-corrected chi connectivity index (χ1v) is 9.01. The third-order valence-corrected chi connectivity index (χ3v) is 4.77. The second kappa shape index (κ2) is 9.70. The minimum absolute atomic E-state index is 0. The summed E-state index contributed by atoms with van der Waals surface area (Å²) in [5.74, 6) is 0.224. The highest BCUT2D eigenvalue weighted by atomic mass is 35.5. The Hall–Kier alpha value is -1.39. The number of nitrogens with one attached hydrogen (secondary N) is 2. The van der Waals surface area contributed by atoms with Crippen LogP contribution in [-0.4, -0.2) is 59.3 Å². The van der Waals surface area contributed by atoms with Gasteiger partial charge in [0.2, 0.25) is 11.8 Å². The van der Waals surface area contributed by atoms with Gasteiger partial charge in [0.25, 0.3) is 0 Å². The van der Waals surface area contributed by atoms with Gasteiger partial charge in [-0.3, -0.25) is 9.69 Å². The van der Waals surface area contributed by atoms with E-state index >= 15 is 0 Å². The van der Waals surface area contributed by atoms with E-state index in [1.165, 1.54) is 0 Å². The van der Waals surface area contributed by atoms with Gasteiger partial charge in [-0.2, -0.15) is 18.2 Å². The predicted octanol–water partition coefficient (Wildman–Crippen LogP) is 1.68. The van der Waals surface area contributed by atoms with E-state index in [9.17, 15) is 18.0 Å². The van der Waals surface area contributed by atoms with Gasteiger partial charge in [0, 0.05) is 13.1 Å². The molecule has 0 spiro atoms. The van der Waals surface area contributed by atoms with Gasteiger partial charge >= 0.3 is 6.18 Å². The number of rotatable bonds is 6. The summed E-state index contributed by atoms with van der Waals surface area (Å²) in [6.07, 6.45) is -1.65. The highest BCUT2D eigenvalue weighted by molar-refractivity contribution is 5.85. The average Bonchev–Trinajstić information content (AvgIpc) is 3.24. The van der Waals surface area contributed by atoms with Crippen molar-refractivity contribution >= 4 is 18.3 Å². The number of aromatic nitrogens is 2. The third kappa shape index (κ3) is 6.93. The van der Waals surface area contributed by atoms with Crippen molar-refractivity contribution in [3.63, 3.8) is 0 Å². The molecule has 2 fully saturated rings. The lowest BCUT2D eigenvalue weighted by atomic mass is 9.98. The number of nitrogens with zero attached hydrogens (tertiary/aromatic N) is 3. The van der Waals surface area contributed by atoms with Gasteiger partial charge in [0.05, 0.1) is 12.6 Å². The summed E-state index contributed by atoms with van der Waals surface area (Å²) in [5.41, 5.74) is 0. The Bertz CT molecular complexity index is 607. The second-order valence-corrected chi connectivity index (χ2v) is 7.03. The molecule has 2 aliphatic heterocycles. The van der Waals surface area contributed by atoms with Crippen LogP contribution in [0.15, 0.2) is 4.52 Å². The Morgan fingerprint density at radius 1 is 1.33 bits per heavy atom. The molecule has 0 radical (unpaired) electrons. The lowest BCUT2D eigenvalue weighted by Crippen LogP contribution is -2.45. The fourth-order valence-corrected chi connectivity index (χ4v) is 3.53. The van der Waals surface area contributed by atoms with E-state index in [0.29, 0.717) is 19.0 Å². The summed E-state index contributed by atoms with van der Waals surface area (Å²) in [4.78, 5) is 18.0. The molecule has 27 heavy (non-hydrogen) atoms. The van der Waals surface area contributed by atoms with E-state index in [2.05, 4.69) is 25.7 Å². The monoisotopic (exact) mass is 411 g/mol. The highest BCUT2D eigenvalue weighted by Crippen LogP contribution is 2.21. The Morgan fingerprint density at radius 3 is 2.85 bits per heavy atom. The molecule has 2 saturated heterocycles. The van der Waals surface area contributed by atoms with Gasteiger partial charge in [-0.25, -0.2) is 0 Å². The summed E-state index contributed by atoms with van der Waals surface area (Å²) < 4.78 is 42.0. The van der Waals surface area contributed by atoms with Gasteiger partial charge in [-0.1, -0.05) is 5.16 Å². The molecule has 3 rings (SSSR count). The van der Waals surface area contributed by atoms with Gasteiger partial charge in [0.15, 0.2) is 5.82 Å². The number of carbonyl (C=O) groups is 1. The fraction of sp³-hybridized carbons (Fsp3) is 0.812. The van der Waals surface area contributed by atoms with Crippen molar-refractivity contribution < 1.29 is 22.5 Å². The quantitative estimate of drug-likeness (QED) is 0.741. The molecule has 154 valence electrons. The maximum atomic E-state index is 12.4. The number of amides is 1. The lowest BCUT2D eigenvalue weighted by Gasteiger charge is -2.32. The molecule has 3 heterocycles. The summed E-state index contributed by atoms with van der Waals surface area (Å²) in [7, 11) is 0. The van der Waals surface area contributed by atoms with Crippen molar-refractivity contribution in [3.05, 3.63) is 11.7 Å². The van der Waals surface area contributed by atoms with Crippen molar-refractivity contribution in [2.75, 3.05) is 26.2 Å². The van der Waals surface area contributed by atoms with Crippen LogP contribution >= 0.6 is 12.4 Å². The van der Waals surface area contributed by atoms with Crippen LogP contribution < -0.4 is 10.6 Å². The number of halogens is 4. The zero-order valence-electron chi connectivity index (χ0n) is 14.9. The number of alkyl halides is 3. The first kappa shape index (κ1) is 21.9. The van der Waals surface area contributed by atoms with Gasteiger partial charge in [-0.05, 0) is 44.7 Å². The normalized spacial score (nSPS) is 23.8. The summed E-state index contributed by atoms with van der Waals surface area (Å²) >= 11 is 0. The molecule has 0 aromatic carbocycles. The second-order valence-electron chi connectivity index (χ2n) is 7.03. The van der Waals surface area contributed by atoms with Crippen LogP contribution in [0.5, 0.6) is 0 Å². The smallest absolute Gasteiger partial charge is 0.354 e. The van der Waals surface area contributed by atoms with Crippen molar-refractivity contribution in [3.8, 4) is 0 Å². The molecule has 0 bridgehead atoms. The van der Waals surface area contributed by atoms with Gasteiger partial charge < -0.3 is 15.2 Å². The van der Waals surface area contributed by atoms with Crippen LogP contribution in [0.1, 0.15) is 37.4 Å². The molecule has 1 aromatic heterocycles. The van der Waals surface area contributed by atoms with Crippen LogP contribution in [0.3, 0.4) is 0 Å². The molecule has 11 heteroatoms. The molecule has 0 aliphatic carbocycles. The van der Waals surface area contributed by atoms with E-state index in [0.717, 1.165) is 45.3 Å². The van der Waals surface area contributed by atoms with E-state index in [-0.39, 0.29) is 36.1 Å². The fourth-order valence-electron chi connectivity index (χ4n) is 3.53. The lowest BCUT2D eigenvalue weighted by molar-refractivity contribution is -0.128. The standard InChI is InChI=1S/C16H24F3N5O2.ClH/c17-16(18,19)7-13-22-14(26-23-13)10-24-6-2-3-11(9-24)8-21-15(25)12-4-1-5-20-12;/h11-12,20H,1-10H2,(H,21,25);1H. The largest absolute Gasteiger partial charge is 0.396 e. The molecule has 2 aliphatic rings. The number of likely N-dealkylation sites (tertiary alicyclic amines) is 1.